The molecule has 1 atom stereocenters. The normalized spacial score (nSPS) is 12.6. The Hall–Kier alpha value is -1.56. The zero-order valence-electron chi connectivity index (χ0n) is 13.4. The van der Waals surface area contributed by atoms with E-state index in [1.807, 2.05) is 6.92 Å². The molecule has 0 heterocycles. The van der Waals surface area contributed by atoms with Gasteiger partial charge in [-0.05, 0) is 47.0 Å². The van der Waals surface area contributed by atoms with E-state index in [1.165, 1.54) is 0 Å². The first-order chi connectivity index (χ1) is 9.61. The van der Waals surface area contributed by atoms with Crippen LogP contribution in [0.15, 0.2) is 12.2 Å². The second-order valence-corrected chi connectivity index (χ2v) is 6.03. The van der Waals surface area contributed by atoms with Crippen LogP contribution >= 0.6 is 0 Å². The van der Waals surface area contributed by atoms with Crippen LogP contribution in [0.4, 0.5) is 4.79 Å². The molecule has 0 radical (unpaired) electrons. The summed E-state index contributed by atoms with van der Waals surface area (Å²) in [5, 5.41) is 11.3. The third-order valence-corrected chi connectivity index (χ3v) is 2.42. The van der Waals surface area contributed by atoms with Gasteiger partial charge in [0.2, 0.25) is 0 Å². The number of hydrogen-bond donors (Lipinski definition) is 2. The van der Waals surface area contributed by atoms with Gasteiger partial charge in [-0.1, -0.05) is 5.57 Å². The van der Waals surface area contributed by atoms with E-state index >= 15 is 0 Å². The lowest BCUT2D eigenvalue weighted by atomic mass is 10.1. The van der Waals surface area contributed by atoms with Crippen molar-refractivity contribution in [2.75, 3.05) is 13.2 Å². The van der Waals surface area contributed by atoms with Crippen LogP contribution in [0.25, 0.3) is 0 Å². The molecule has 0 aromatic carbocycles. The van der Waals surface area contributed by atoms with E-state index < -0.39 is 23.7 Å². The number of amides is 1. The van der Waals surface area contributed by atoms with Crippen LogP contribution in [0.2, 0.25) is 0 Å². The molecule has 0 fully saturated rings. The Morgan fingerprint density at radius 3 is 2.38 bits per heavy atom. The number of carbonyl (C=O) groups excluding carboxylic acids is 1. The number of nitrogens with one attached hydrogen (secondary N) is 1. The summed E-state index contributed by atoms with van der Waals surface area (Å²) in [5.41, 5.74) is 0.446. The molecule has 0 aromatic heterocycles. The number of ether oxygens (including phenoxy) is 2. The Morgan fingerprint density at radius 2 is 1.90 bits per heavy atom. The summed E-state index contributed by atoms with van der Waals surface area (Å²) in [6, 6.07) is -1.11. The van der Waals surface area contributed by atoms with Gasteiger partial charge in [0.1, 0.15) is 5.60 Å². The van der Waals surface area contributed by atoms with Gasteiger partial charge in [0.25, 0.3) is 0 Å². The van der Waals surface area contributed by atoms with Crippen LogP contribution < -0.4 is 5.32 Å². The first kappa shape index (κ1) is 19.4. The number of rotatable bonds is 9. The number of hydrogen-bond acceptors (Lipinski definition) is 4. The second-order valence-electron chi connectivity index (χ2n) is 6.03. The fraction of sp³-hybridized carbons (Fsp3) is 0.733. The summed E-state index contributed by atoms with van der Waals surface area (Å²) in [4.78, 5) is 22.6. The van der Waals surface area contributed by atoms with E-state index in [1.54, 1.807) is 20.8 Å². The Bertz CT molecular complexity index is 360. The maximum absolute atomic E-state index is 11.5. The van der Waals surface area contributed by atoms with Crippen LogP contribution in [0, 0.1) is 0 Å². The molecule has 0 rings (SSSR count). The first-order valence-corrected chi connectivity index (χ1v) is 7.06. The minimum atomic E-state index is -1.15. The van der Waals surface area contributed by atoms with Crippen molar-refractivity contribution in [3.05, 3.63) is 12.2 Å². The number of carboxylic acid groups (broad SMARTS) is 1. The molecular formula is C15H27NO5. The van der Waals surface area contributed by atoms with Gasteiger partial charge in [-0.2, -0.15) is 0 Å². The molecule has 21 heavy (non-hydrogen) atoms. The summed E-state index contributed by atoms with van der Waals surface area (Å²) in [6.45, 7) is 11.3. The van der Waals surface area contributed by atoms with Crippen molar-refractivity contribution in [2.24, 2.45) is 0 Å². The monoisotopic (exact) mass is 301 g/mol. The van der Waals surface area contributed by atoms with E-state index in [4.69, 9.17) is 14.6 Å². The van der Waals surface area contributed by atoms with Gasteiger partial charge in [0.05, 0.1) is 6.61 Å². The maximum Gasteiger partial charge on any atom is 0.408 e. The molecule has 0 aromatic rings. The lowest BCUT2D eigenvalue weighted by molar-refractivity contribution is -0.141. The Labute approximate surface area is 126 Å². The molecule has 0 aliphatic rings. The highest BCUT2D eigenvalue weighted by atomic mass is 16.6. The number of unbranched alkanes of at least 4 members (excludes halogenated alkanes) is 1. The van der Waals surface area contributed by atoms with Gasteiger partial charge < -0.3 is 19.9 Å². The molecule has 6 heteroatoms. The van der Waals surface area contributed by atoms with Crippen molar-refractivity contribution >= 4 is 12.1 Å². The molecule has 6 nitrogen and oxygen atoms in total. The third kappa shape index (κ3) is 11.9. The molecule has 0 saturated heterocycles. The van der Waals surface area contributed by atoms with Gasteiger partial charge in [-0.3, -0.25) is 0 Å². The zero-order valence-corrected chi connectivity index (χ0v) is 13.4. The minimum absolute atomic E-state index is 0.0817. The average Bonchev–Trinajstić information content (AvgIpc) is 2.28. The van der Waals surface area contributed by atoms with Crippen LogP contribution in [-0.2, 0) is 14.3 Å². The molecule has 1 amide bonds. The van der Waals surface area contributed by atoms with Crippen molar-refractivity contribution in [2.45, 2.75) is 58.6 Å². The van der Waals surface area contributed by atoms with E-state index in [9.17, 15) is 9.59 Å². The molecule has 0 spiro atoms. The van der Waals surface area contributed by atoms with E-state index in [0.29, 0.717) is 6.61 Å². The van der Waals surface area contributed by atoms with Crippen molar-refractivity contribution in [1.29, 1.82) is 0 Å². The number of alkyl carbamates (subject to hydrolysis) is 1. The van der Waals surface area contributed by atoms with Crippen LogP contribution in [0.5, 0.6) is 0 Å². The van der Waals surface area contributed by atoms with Crippen molar-refractivity contribution in [3.8, 4) is 0 Å². The number of aliphatic carboxylic acids is 1. The minimum Gasteiger partial charge on any atom is -0.480 e. The largest absolute Gasteiger partial charge is 0.480 e. The SMILES string of the molecule is C=C(C)CCCCOC[C@H](NC(=O)OC(C)(C)C)C(=O)O. The highest BCUT2D eigenvalue weighted by molar-refractivity contribution is 5.80. The molecule has 0 unspecified atom stereocenters. The quantitative estimate of drug-likeness (QED) is 0.505. The molecular weight excluding hydrogens is 274 g/mol. The average molecular weight is 301 g/mol. The van der Waals surface area contributed by atoms with Crippen molar-refractivity contribution in [1.82, 2.24) is 5.32 Å². The van der Waals surface area contributed by atoms with Gasteiger partial charge in [0.15, 0.2) is 6.04 Å². The van der Waals surface area contributed by atoms with Crippen molar-refractivity contribution < 1.29 is 24.2 Å². The predicted octanol–water partition coefficient (Wildman–Crippen LogP) is 2.73. The number of allylic oxidation sites excluding steroid dienone is 1. The molecule has 122 valence electrons. The number of carbonyl (C=O) groups is 2. The van der Waals surface area contributed by atoms with Crippen LogP contribution in [0.1, 0.15) is 47.0 Å². The van der Waals surface area contributed by atoms with E-state index in [-0.39, 0.29) is 6.61 Å². The van der Waals surface area contributed by atoms with Crippen LogP contribution in [-0.4, -0.2) is 42.0 Å². The molecule has 2 N–H and O–H groups in total. The standard InChI is InChI=1S/C15H27NO5/c1-11(2)8-6-7-9-20-10-12(13(17)18)16-14(19)21-15(3,4)5/h12H,1,6-10H2,2-5H3,(H,16,19)(H,17,18)/t12-/m0/s1. The topological polar surface area (TPSA) is 84.9 Å². The van der Waals surface area contributed by atoms with Crippen molar-refractivity contribution in [3.63, 3.8) is 0 Å². The molecule has 0 bridgehead atoms. The van der Waals surface area contributed by atoms with E-state index in [0.717, 1.165) is 24.8 Å². The fourth-order valence-electron chi connectivity index (χ4n) is 1.46. The fourth-order valence-corrected chi connectivity index (χ4v) is 1.46. The highest BCUT2D eigenvalue weighted by Gasteiger charge is 2.23. The predicted molar refractivity (Wildman–Crippen MR) is 80.3 cm³/mol. The van der Waals surface area contributed by atoms with Gasteiger partial charge in [0, 0.05) is 6.61 Å². The maximum atomic E-state index is 11.5. The number of carboxylic acids is 1. The van der Waals surface area contributed by atoms with Gasteiger partial charge >= 0.3 is 12.1 Å². The summed E-state index contributed by atoms with van der Waals surface area (Å²) >= 11 is 0. The van der Waals surface area contributed by atoms with Gasteiger partial charge in [-0.15, -0.1) is 6.58 Å². The lowest BCUT2D eigenvalue weighted by Crippen LogP contribution is -2.46. The third-order valence-electron chi connectivity index (χ3n) is 2.42. The Balaban J connectivity index is 4.01. The first-order valence-electron chi connectivity index (χ1n) is 7.06. The van der Waals surface area contributed by atoms with Crippen LogP contribution in [0.3, 0.4) is 0 Å². The second kappa shape index (κ2) is 9.39. The Kier molecular flexibility index (Phi) is 8.69. The molecule has 0 aliphatic heterocycles. The summed E-state index contributed by atoms with van der Waals surface area (Å²) in [6.07, 6.45) is 1.95. The molecule has 0 aliphatic carbocycles. The summed E-state index contributed by atoms with van der Waals surface area (Å²) in [5.74, 6) is -1.15. The molecule has 0 saturated carbocycles. The smallest absolute Gasteiger partial charge is 0.408 e. The summed E-state index contributed by atoms with van der Waals surface area (Å²) < 4.78 is 10.3. The Morgan fingerprint density at radius 1 is 1.29 bits per heavy atom. The lowest BCUT2D eigenvalue weighted by Gasteiger charge is -2.22. The summed E-state index contributed by atoms with van der Waals surface area (Å²) in [7, 11) is 0. The zero-order chi connectivity index (χ0) is 16.5. The highest BCUT2D eigenvalue weighted by Crippen LogP contribution is 2.07. The van der Waals surface area contributed by atoms with Gasteiger partial charge in [-0.25, -0.2) is 9.59 Å². The van der Waals surface area contributed by atoms with E-state index in [2.05, 4.69) is 11.9 Å².